The first kappa shape index (κ1) is 13.8. The first-order valence-corrected chi connectivity index (χ1v) is 7.21. The highest BCUT2D eigenvalue weighted by Gasteiger charge is 2.11. The zero-order valence-corrected chi connectivity index (χ0v) is 11.9. The topological polar surface area (TPSA) is 55.1 Å². The molecule has 1 amide bonds. The molecule has 1 heterocycles. The second-order valence-electron chi connectivity index (χ2n) is 4.86. The lowest BCUT2D eigenvalue weighted by molar-refractivity contribution is 0.102. The fourth-order valence-corrected chi connectivity index (χ4v) is 2.37. The van der Waals surface area contributed by atoms with Crippen LogP contribution in [0.3, 0.4) is 0 Å². The maximum Gasteiger partial charge on any atom is 0.255 e. The highest BCUT2D eigenvalue weighted by Crippen LogP contribution is 2.20. The molecule has 100 valence electrons. The van der Waals surface area contributed by atoms with E-state index in [0.717, 1.165) is 11.3 Å². The Kier molecular flexibility index (Phi) is 4.35. The number of carbonyl (C=O) groups is 1. The van der Waals surface area contributed by atoms with Gasteiger partial charge < -0.3 is 11.1 Å². The summed E-state index contributed by atoms with van der Waals surface area (Å²) in [7, 11) is 0. The summed E-state index contributed by atoms with van der Waals surface area (Å²) in [4.78, 5) is 12.0. The number of nitrogens with one attached hydrogen (secondary N) is 1. The molecule has 0 fully saturated rings. The average Bonchev–Trinajstić information content (AvgIpc) is 2.90. The van der Waals surface area contributed by atoms with Gasteiger partial charge in [-0.3, -0.25) is 4.79 Å². The Labute approximate surface area is 117 Å². The van der Waals surface area contributed by atoms with Gasteiger partial charge >= 0.3 is 0 Å². The monoisotopic (exact) mass is 274 g/mol. The standard InChI is InChI=1S/C15H18N2OS/c1-10(2)14(16)11-3-5-12(6-4-11)15(18)17-13-7-8-19-9-13/h3-10,14H,16H2,1-2H3,(H,17,18). The van der Waals surface area contributed by atoms with Gasteiger partial charge in [-0.1, -0.05) is 26.0 Å². The van der Waals surface area contributed by atoms with Crippen LogP contribution in [0, 0.1) is 5.92 Å². The highest BCUT2D eigenvalue weighted by molar-refractivity contribution is 7.08. The smallest absolute Gasteiger partial charge is 0.255 e. The Balaban J connectivity index is 2.08. The van der Waals surface area contributed by atoms with E-state index in [9.17, 15) is 4.79 Å². The maximum absolute atomic E-state index is 12.0. The number of carbonyl (C=O) groups excluding carboxylic acids is 1. The lowest BCUT2D eigenvalue weighted by Crippen LogP contribution is -2.17. The Hall–Kier alpha value is -1.65. The van der Waals surface area contributed by atoms with Gasteiger partial charge in [0, 0.05) is 17.0 Å². The van der Waals surface area contributed by atoms with Crippen molar-refractivity contribution in [3.05, 3.63) is 52.2 Å². The van der Waals surface area contributed by atoms with Crippen LogP contribution in [0.2, 0.25) is 0 Å². The SMILES string of the molecule is CC(C)C(N)c1ccc(C(=O)Nc2ccsc2)cc1. The zero-order valence-electron chi connectivity index (χ0n) is 11.1. The van der Waals surface area contributed by atoms with Gasteiger partial charge in [-0.05, 0) is 35.1 Å². The van der Waals surface area contributed by atoms with Gasteiger partial charge in [0.1, 0.15) is 0 Å². The van der Waals surface area contributed by atoms with Gasteiger partial charge in [-0.15, -0.1) is 0 Å². The van der Waals surface area contributed by atoms with Crippen molar-refractivity contribution in [3.8, 4) is 0 Å². The van der Waals surface area contributed by atoms with Crippen LogP contribution >= 0.6 is 11.3 Å². The highest BCUT2D eigenvalue weighted by atomic mass is 32.1. The maximum atomic E-state index is 12.0. The molecule has 0 spiro atoms. The van der Waals surface area contributed by atoms with Crippen LogP contribution in [-0.2, 0) is 0 Å². The molecule has 4 heteroatoms. The zero-order chi connectivity index (χ0) is 13.8. The molecule has 0 aliphatic carbocycles. The summed E-state index contributed by atoms with van der Waals surface area (Å²) in [5.74, 6) is 0.286. The molecular formula is C15H18N2OS. The fourth-order valence-electron chi connectivity index (χ4n) is 1.78. The molecule has 0 radical (unpaired) electrons. The van der Waals surface area contributed by atoms with Crippen LogP contribution in [0.5, 0.6) is 0 Å². The summed E-state index contributed by atoms with van der Waals surface area (Å²) in [5.41, 5.74) is 8.61. The van der Waals surface area contributed by atoms with Crippen molar-refractivity contribution in [2.75, 3.05) is 5.32 Å². The van der Waals surface area contributed by atoms with Crippen LogP contribution in [0.25, 0.3) is 0 Å². The van der Waals surface area contributed by atoms with E-state index < -0.39 is 0 Å². The van der Waals surface area contributed by atoms with Crippen molar-refractivity contribution in [2.45, 2.75) is 19.9 Å². The molecule has 0 bridgehead atoms. The van der Waals surface area contributed by atoms with Gasteiger partial charge in [0.15, 0.2) is 0 Å². The van der Waals surface area contributed by atoms with Crippen LogP contribution in [0.15, 0.2) is 41.1 Å². The molecule has 0 saturated carbocycles. The third-order valence-electron chi connectivity index (χ3n) is 3.06. The number of benzene rings is 1. The number of hydrogen-bond donors (Lipinski definition) is 2. The summed E-state index contributed by atoms with van der Waals surface area (Å²) in [6.45, 7) is 4.17. The molecule has 2 aromatic rings. The Morgan fingerprint density at radius 3 is 2.42 bits per heavy atom. The Morgan fingerprint density at radius 1 is 1.21 bits per heavy atom. The minimum Gasteiger partial charge on any atom is -0.324 e. The van der Waals surface area contributed by atoms with E-state index in [0.29, 0.717) is 11.5 Å². The predicted molar refractivity (Wildman–Crippen MR) is 80.5 cm³/mol. The van der Waals surface area contributed by atoms with Crippen molar-refractivity contribution < 1.29 is 4.79 Å². The quantitative estimate of drug-likeness (QED) is 0.894. The number of thiophene rings is 1. The predicted octanol–water partition coefficient (Wildman–Crippen LogP) is 3.66. The summed E-state index contributed by atoms with van der Waals surface area (Å²) < 4.78 is 0. The molecule has 1 aromatic heterocycles. The minimum atomic E-state index is -0.0944. The summed E-state index contributed by atoms with van der Waals surface area (Å²) in [6.07, 6.45) is 0. The molecule has 3 nitrogen and oxygen atoms in total. The largest absolute Gasteiger partial charge is 0.324 e. The molecule has 1 atom stereocenters. The molecule has 0 aliphatic heterocycles. The minimum absolute atomic E-state index is 0.00832. The fraction of sp³-hybridized carbons (Fsp3) is 0.267. The van der Waals surface area contributed by atoms with E-state index >= 15 is 0 Å². The van der Waals surface area contributed by atoms with E-state index in [1.807, 2.05) is 41.1 Å². The van der Waals surface area contributed by atoms with Crippen LogP contribution < -0.4 is 11.1 Å². The number of amides is 1. The second kappa shape index (κ2) is 5.99. The first-order chi connectivity index (χ1) is 9.08. The van der Waals surface area contributed by atoms with E-state index in [1.165, 1.54) is 0 Å². The first-order valence-electron chi connectivity index (χ1n) is 6.27. The summed E-state index contributed by atoms with van der Waals surface area (Å²) >= 11 is 1.56. The van der Waals surface area contributed by atoms with Gasteiger partial charge in [0.25, 0.3) is 5.91 Å². The van der Waals surface area contributed by atoms with E-state index in [-0.39, 0.29) is 11.9 Å². The second-order valence-corrected chi connectivity index (χ2v) is 5.64. The normalized spacial score (nSPS) is 12.4. The molecule has 0 saturated heterocycles. The molecule has 19 heavy (non-hydrogen) atoms. The van der Waals surface area contributed by atoms with Crippen LogP contribution in [0.1, 0.15) is 35.8 Å². The Bertz CT molecular complexity index is 532. The van der Waals surface area contributed by atoms with Gasteiger partial charge in [-0.2, -0.15) is 11.3 Å². The third-order valence-corrected chi connectivity index (χ3v) is 3.74. The van der Waals surface area contributed by atoms with Crippen molar-refractivity contribution in [1.29, 1.82) is 0 Å². The van der Waals surface area contributed by atoms with Crippen molar-refractivity contribution in [1.82, 2.24) is 0 Å². The van der Waals surface area contributed by atoms with Gasteiger partial charge in [-0.25, -0.2) is 0 Å². The van der Waals surface area contributed by atoms with Crippen LogP contribution in [-0.4, -0.2) is 5.91 Å². The molecule has 1 aromatic carbocycles. The molecule has 2 rings (SSSR count). The number of rotatable bonds is 4. The molecule has 3 N–H and O–H groups in total. The summed E-state index contributed by atoms with van der Waals surface area (Å²) in [6, 6.07) is 9.37. The van der Waals surface area contributed by atoms with E-state index in [4.69, 9.17) is 5.73 Å². The summed E-state index contributed by atoms with van der Waals surface area (Å²) in [5, 5.41) is 6.68. The Morgan fingerprint density at radius 2 is 1.89 bits per heavy atom. The number of nitrogens with two attached hydrogens (primary N) is 1. The van der Waals surface area contributed by atoms with Crippen molar-refractivity contribution in [2.24, 2.45) is 11.7 Å². The van der Waals surface area contributed by atoms with Crippen LogP contribution in [0.4, 0.5) is 5.69 Å². The lowest BCUT2D eigenvalue weighted by Gasteiger charge is -2.16. The van der Waals surface area contributed by atoms with Gasteiger partial charge in [0.05, 0.1) is 5.69 Å². The molecule has 1 unspecified atom stereocenters. The van der Waals surface area contributed by atoms with E-state index in [1.54, 1.807) is 11.3 Å². The third kappa shape index (κ3) is 3.43. The lowest BCUT2D eigenvalue weighted by atomic mass is 9.96. The van der Waals surface area contributed by atoms with Crippen molar-refractivity contribution >= 4 is 22.9 Å². The van der Waals surface area contributed by atoms with Crippen molar-refractivity contribution in [3.63, 3.8) is 0 Å². The molecular weight excluding hydrogens is 256 g/mol. The average molecular weight is 274 g/mol. The number of anilines is 1. The number of hydrogen-bond acceptors (Lipinski definition) is 3. The van der Waals surface area contributed by atoms with E-state index in [2.05, 4.69) is 19.2 Å². The van der Waals surface area contributed by atoms with Gasteiger partial charge in [0.2, 0.25) is 0 Å². The molecule has 0 aliphatic rings.